The molecule has 1 aliphatic rings. The maximum Gasteiger partial charge on any atom is 0.195 e. The van der Waals surface area contributed by atoms with Crippen LogP contribution in [0.2, 0.25) is 0 Å². The maximum atomic E-state index is 9.81. The predicted molar refractivity (Wildman–Crippen MR) is 94.6 cm³/mol. The van der Waals surface area contributed by atoms with Gasteiger partial charge in [-0.15, -0.1) is 0 Å². The molecule has 0 radical (unpaired) electrons. The Bertz CT molecular complexity index is 639. The van der Waals surface area contributed by atoms with E-state index in [1.165, 1.54) is 5.56 Å². The summed E-state index contributed by atoms with van der Waals surface area (Å²) in [7, 11) is 0. The lowest BCUT2D eigenvalue weighted by molar-refractivity contribution is -0.345. The first-order valence-electron chi connectivity index (χ1n) is 8.58. The van der Waals surface area contributed by atoms with Crippen molar-refractivity contribution in [1.82, 2.24) is 0 Å². The minimum absolute atomic E-state index is 0.00369. The van der Waals surface area contributed by atoms with Gasteiger partial charge in [-0.3, -0.25) is 0 Å². The lowest BCUT2D eigenvalue weighted by Gasteiger charge is -2.48. The monoisotopic (exact) mass is 326 g/mol. The molecule has 3 heteroatoms. The molecule has 1 N–H and O–H groups in total. The van der Waals surface area contributed by atoms with E-state index >= 15 is 0 Å². The summed E-state index contributed by atoms with van der Waals surface area (Å²) in [6.07, 6.45) is 1.32. The molecule has 3 nitrogen and oxygen atoms in total. The number of aryl methyl sites for hydroxylation is 1. The number of ether oxygens (including phenoxy) is 2. The molecule has 0 aromatic heterocycles. The SMILES string of the molecule is CC1(C)CO[C@@](CCc2ccccc2)(c2ccccc2)O[C@@H]1CO. The summed E-state index contributed by atoms with van der Waals surface area (Å²) in [5, 5.41) is 9.81. The highest BCUT2D eigenvalue weighted by Gasteiger charge is 2.47. The fourth-order valence-electron chi connectivity index (χ4n) is 3.18. The fourth-order valence-corrected chi connectivity index (χ4v) is 3.18. The van der Waals surface area contributed by atoms with Crippen LogP contribution in [0.4, 0.5) is 0 Å². The molecule has 2 aromatic rings. The Kier molecular flexibility index (Phi) is 5.04. The van der Waals surface area contributed by atoms with Crippen LogP contribution in [0.15, 0.2) is 60.7 Å². The summed E-state index contributed by atoms with van der Waals surface area (Å²) in [6.45, 7) is 4.69. The van der Waals surface area contributed by atoms with Gasteiger partial charge in [0.1, 0.15) is 0 Å². The van der Waals surface area contributed by atoms with Crippen LogP contribution in [0.1, 0.15) is 31.4 Å². The molecule has 2 aromatic carbocycles. The van der Waals surface area contributed by atoms with E-state index < -0.39 is 5.79 Å². The summed E-state index contributed by atoms with van der Waals surface area (Å²) in [4.78, 5) is 0. The molecule has 0 amide bonds. The van der Waals surface area contributed by atoms with Gasteiger partial charge < -0.3 is 14.6 Å². The second-order valence-corrected chi connectivity index (χ2v) is 7.17. The van der Waals surface area contributed by atoms with Gasteiger partial charge in [0.05, 0.1) is 19.3 Å². The van der Waals surface area contributed by atoms with Gasteiger partial charge in [0, 0.05) is 17.4 Å². The lowest BCUT2D eigenvalue weighted by Crippen LogP contribution is -2.53. The molecule has 24 heavy (non-hydrogen) atoms. The number of aliphatic hydroxyl groups is 1. The van der Waals surface area contributed by atoms with Crippen molar-refractivity contribution in [3.63, 3.8) is 0 Å². The summed E-state index contributed by atoms with van der Waals surface area (Å²) in [5.74, 6) is -0.806. The average Bonchev–Trinajstić information content (AvgIpc) is 2.62. The normalized spacial score (nSPS) is 26.2. The molecule has 2 atom stereocenters. The van der Waals surface area contributed by atoms with E-state index in [4.69, 9.17) is 9.47 Å². The van der Waals surface area contributed by atoms with Crippen LogP contribution >= 0.6 is 0 Å². The lowest BCUT2D eigenvalue weighted by atomic mass is 9.84. The number of aliphatic hydroxyl groups excluding tert-OH is 1. The molecule has 3 rings (SSSR count). The van der Waals surface area contributed by atoms with Crippen molar-refractivity contribution in [2.45, 2.75) is 38.6 Å². The standard InChI is InChI=1S/C21H26O3/c1-20(2)16-23-21(24-19(20)15-22,18-11-7-4-8-12-18)14-13-17-9-5-3-6-10-17/h3-12,19,22H,13-16H2,1-2H3/t19-,21-/m1/s1. The molecule has 0 saturated carbocycles. The smallest absolute Gasteiger partial charge is 0.195 e. The zero-order valence-corrected chi connectivity index (χ0v) is 14.4. The summed E-state index contributed by atoms with van der Waals surface area (Å²) in [6, 6.07) is 20.4. The minimum Gasteiger partial charge on any atom is -0.394 e. The molecule has 0 unspecified atom stereocenters. The van der Waals surface area contributed by atoms with Crippen molar-refractivity contribution < 1.29 is 14.6 Å². The van der Waals surface area contributed by atoms with Gasteiger partial charge in [-0.05, 0) is 12.0 Å². The van der Waals surface area contributed by atoms with Crippen LogP contribution in [0.3, 0.4) is 0 Å². The molecule has 1 saturated heterocycles. The summed E-state index contributed by atoms with van der Waals surface area (Å²) >= 11 is 0. The highest BCUT2D eigenvalue weighted by molar-refractivity contribution is 5.23. The highest BCUT2D eigenvalue weighted by Crippen LogP contribution is 2.43. The topological polar surface area (TPSA) is 38.7 Å². The zero-order chi connectivity index (χ0) is 17.0. The average molecular weight is 326 g/mol. The molecular weight excluding hydrogens is 300 g/mol. The molecule has 1 aliphatic heterocycles. The van der Waals surface area contributed by atoms with Crippen molar-refractivity contribution >= 4 is 0 Å². The van der Waals surface area contributed by atoms with Gasteiger partial charge in [-0.1, -0.05) is 74.5 Å². The van der Waals surface area contributed by atoms with Crippen LogP contribution in [0.25, 0.3) is 0 Å². The predicted octanol–water partition coefficient (Wildman–Crippen LogP) is 3.91. The first kappa shape index (κ1) is 17.2. The van der Waals surface area contributed by atoms with Crippen molar-refractivity contribution in [2.75, 3.05) is 13.2 Å². The van der Waals surface area contributed by atoms with Crippen LogP contribution in [0, 0.1) is 5.41 Å². The fraction of sp³-hybridized carbons (Fsp3) is 0.429. The number of hydrogen-bond donors (Lipinski definition) is 1. The molecule has 0 spiro atoms. The first-order chi connectivity index (χ1) is 11.6. The Labute approximate surface area is 144 Å². The summed E-state index contributed by atoms with van der Waals surface area (Å²) < 4.78 is 12.7. The van der Waals surface area contributed by atoms with E-state index in [0.717, 1.165) is 12.0 Å². The van der Waals surface area contributed by atoms with Crippen LogP contribution in [-0.2, 0) is 21.7 Å². The quantitative estimate of drug-likeness (QED) is 0.905. The Morgan fingerprint density at radius 3 is 2.25 bits per heavy atom. The number of benzene rings is 2. The van der Waals surface area contributed by atoms with Gasteiger partial charge in [0.25, 0.3) is 0 Å². The highest BCUT2D eigenvalue weighted by atomic mass is 16.7. The van der Waals surface area contributed by atoms with Crippen molar-refractivity contribution in [2.24, 2.45) is 5.41 Å². The Morgan fingerprint density at radius 1 is 1.00 bits per heavy atom. The van der Waals surface area contributed by atoms with Gasteiger partial charge >= 0.3 is 0 Å². The van der Waals surface area contributed by atoms with E-state index in [2.05, 4.69) is 26.0 Å². The first-order valence-corrected chi connectivity index (χ1v) is 8.58. The third-order valence-electron chi connectivity index (χ3n) is 4.85. The Morgan fingerprint density at radius 2 is 1.62 bits per heavy atom. The second-order valence-electron chi connectivity index (χ2n) is 7.17. The molecule has 1 heterocycles. The van der Waals surface area contributed by atoms with Gasteiger partial charge in [0.15, 0.2) is 5.79 Å². The van der Waals surface area contributed by atoms with Crippen LogP contribution in [-0.4, -0.2) is 24.4 Å². The molecule has 1 fully saturated rings. The second kappa shape index (κ2) is 7.06. The van der Waals surface area contributed by atoms with Gasteiger partial charge in [-0.2, -0.15) is 0 Å². The van der Waals surface area contributed by atoms with E-state index in [0.29, 0.717) is 13.0 Å². The molecule has 0 bridgehead atoms. The molecule has 0 aliphatic carbocycles. The van der Waals surface area contributed by atoms with Gasteiger partial charge in [0.2, 0.25) is 0 Å². The Hall–Kier alpha value is -1.68. The van der Waals surface area contributed by atoms with Crippen molar-refractivity contribution in [3.05, 3.63) is 71.8 Å². The maximum absolute atomic E-state index is 9.81. The van der Waals surface area contributed by atoms with Crippen molar-refractivity contribution in [1.29, 1.82) is 0 Å². The largest absolute Gasteiger partial charge is 0.394 e. The molecule has 128 valence electrons. The zero-order valence-electron chi connectivity index (χ0n) is 14.4. The number of hydrogen-bond acceptors (Lipinski definition) is 3. The Balaban J connectivity index is 1.88. The van der Waals surface area contributed by atoms with E-state index in [1.54, 1.807) is 0 Å². The van der Waals surface area contributed by atoms with E-state index in [-0.39, 0.29) is 18.1 Å². The van der Waals surface area contributed by atoms with Crippen LogP contribution < -0.4 is 0 Å². The van der Waals surface area contributed by atoms with Gasteiger partial charge in [-0.25, -0.2) is 0 Å². The van der Waals surface area contributed by atoms with Crippen LogP contribution in [0.5, 0.6) is 0 Å². The van der Waals surface area contributed by atoms with Crippen molar-refractivity contribution in [3.8, 4) is 0 Å². The van der Waals surface area contributed by atoms with E-state index in [1.807, 2.05) is 48.5 Å². The summed E-state index contributed by atoms with van der Waals surface area (Å²) in [5.41, 5.74) is 2.06. The molecular formula is C21H26O3. The minimum atomic E-state index is -0.806. The third kappa shape index (κ3) is 3.54. The number of rotatable bonds is 5. The van der Waals surface area contributed by atoms with E-state index in [9.17, 15) is 5.11 Å². The third-order valence-corrected chi connectivity index (χ3v) is 4.85.